The second-order valence-electron chi connectivity index (χ2n) is 5.55. The Kier molecular flexibility index (Phi) is 5.27. The number of hydrogen-bond acceptors (Lipinski definition) is 4. The van der Waals surface area contributed by atoms with Gasteiger partial charge in [0.2, 0.25) is 10.0 Å². The van der Waals surface area contributed by atoms with Crippen LogP contribution in [0.2, 0.25) is 0 Å². The van der Waals surface area contributed by atoms with Crippen molar-refractivity contribution in [1.29, 1.82) is 0 Å². The van der Waals surface area contributed by atoms with E-state index in [9.17, 15) is 8.42 Å². The second-order valence-corrected chi connectivity index (χ2v) is 8.20. The van der Waals surface area contributed by atoms with E-state index < -0.39 is 10.0 Å². The third-order valence-electron chi connectivity index (χ3n) is 3.86. The molecule has 1 aliphatic heterocycles. The van der Waals surface area contributed by atoms with Crippen LogP contribution in [0.1, 0.15) is 16.0 Å². The molecule has 0 bridgehead atoms. The third-order valence-corrected chi connectivity index (χ3v) is 5.98. The summed E-state index contributed by atoms with van der Waals surface area (Å²) in [6.07, 6.45) is 2.68. The molecule has 1 N–H and O–H groups in total. The van der Waals surface area contributed by atoms with Crippen molar-refractivity contribution in [3.8, 4) is 0 Å². The second kappa shape index (κ2) is 7.40. The van der Waals surface area contributed by atoms with Crippen molar-refractivity contribution in [3.05, 3.63) is 63.2 Å². The van der Waals surface area contributed by atoms with Crippen LogP contribution in [0.4, 0.5) is 0 Å². The fourth-order valence-corrected chi connectivity index (χ4v) is 4.32. The monoisotopic (exact) mass is 348 g/mol. The van der Waals surface area contributed by atoms with Gasteiger partial charge in [0, 0.05) is 36.5 Å². The van der Waals surface area contributed by atoms with Crippen molar-refractivity contribution in [2.75, 3.05) is 19.6 Å². The highest BCUT2D eigenvalue weighted by Crippen LogP contribution is 2.23. The van der Waals surface area contributed by atoms with E-state index in [1.807, 2.05) is 41.7 Å². The Bertz CT molecular complexity index is 767. The Labute approximate surface area is 141 Å². The van der Waals surface area contributed by atoms with E-state index in [1.165, 1.54) is 15.8 Å². The zero-order valence-corrected chi connectivity index (χ0v) is 14.4. The minimum absolute atomic E-state index is 0.431. The van der Waals surface area contributed by atoms with Gasteiger partial charge >= 0.3 is 0 Å². The summed E-state index contributed by atoms with van der Waals surface area (Å²) in [5.74, 6) is 0. The van der Waals surface area contributed by atoms with Crippen molar-refractivity contribution >= 4 is 27.4 Å². The maximum Gasteiger partial charge on any atom is 0.233 e. The Hall–Kier alpha value is -1.47. The van der Waals surface area contributed by atoms with Crippen molar-refractivity contribution in [2.45, 2.75) is 13.0 Å². The van der Waals surface area contributed by atoms with Gasteiger partial charge < -0.3 is 0 Å². The number of hydrogen-bond donors (Lipinski definition) is 1. The van der Waals surface area contributed by atoms with Gasteiger partial charge in [-0.25, -0.2) is 13.1 Å². The molecule has 0 amide bonds. The lowest BCUT2D eigenvalue weighted by molar-refractivity contribution is 0.261. The first kappa shape index (κ1) is 16.4. The van der Waals surface area contributed by atoms with Gasteiger partial charge in [-0.1, -0.05) is 30.3 Å². The van der Waals surface area contributed by atoms with E-state index in [0.717, 1.165) is 31.6 Å². The highest BCUT2D eigenvalue weighted by atomic mass is 32.2. The van der Waals surface area contributed by atoms with E-state index in [2.05, 4.69) is 21.1 Å². The Morgan fingerprint density at radius 2 is 2.04 bits per heavy atom. The van der Waals surface area contributed by atoms with Crippen LogP contribution in [0.15, 0.2) is 47.2 Å². The molecular weight excluding hydrogens is 328 g/mol. The smallest absolute Gasteiger partial charge is 0.233 e. The van der Waals surface area contributed by atoms with Gasteiger partial charge in [-0.05, 0) is 35.1 Å². The van der Waals surface area contributed by atoms with Crippen LogP contribution in [-0.2, 0) is 23.0 Å². The number of benzene rings is 1. The molecule has 0 aliphatic carbocycles. The summed E-state index contributed by atoms with van der Waals surface area (Å²) >= 11 is 1.81. The minimum Gasteiger partial charge on any atom is -0.297 e. The Balaban J connectivity index is 1.47. The predicted molar refractivity (Wildman–Crippen MR) is 95.7 cm³/mol. The number of nitrogens with one attached hydrogen (secondary N) is 1. The maximum absolute atomic E-state index is 12.0. The van der Waals surface area contributed by atoms with Crippen LogP contribution < -0.4 is 4.72 Å². The molecule has 1 aromatic carbocycles. The molecule has 23 heavy (non-hydrogen) atoms. The largest absolute Gasteiger partial charge is 0.297 e. The van der Waals surface area contributed by atoms with E-state index in [-0.39, 0.29) is 0 Å². The predicted octanol–water partition coefficient (Wildman–Crippen LogP) is 2.70. The van der Waals surface area contributed by atoms with Gasteiger partial charge in [0.05, 0.1) is 0 Å². The van der Waals surface area contributed by atoms with Gasteiger partial charge in [0.25, 0.3) is 0 Å². The molecule has 0 spiro atoms. The maximum atomic E-state index is 12.0. The van der Waals surface area contributed by atoms with Gasteiger partial charge in [-0.3, -0.25) is 4.90 Å². The molecule has 2 aromatic rings. The molecule has 0 saturated heterocycles. The van der Waals surface area contributed by atoms with Gasteiger partial charge in [0.1, 0.15) is 0 Å². The number of nitrogens with zero attached hydrogens (tertiary/aromatic N) is 1. The zero-order chi connectivity index (χ0) is 16.1. The van der Waals surface area contributed by atoms with Crippen molar-refractivity contribution in [2.24, 2.45) is 0 Å². The average molecular weight is 348 g/mol. The van der Waals surface area contributed by atoms with Crippen LogP contribution in [0, 0.1) is 0 Å². The number of fused-ring (bicyclic) bond motifs is 1. The molecule has 1 aliphatic rings. The van der Waals surface area contributed by atoms with Crippen LogP contribution in [0.25, 0.3) is 6.08 Å². The summed E-state index contributed by atoms with van der Waals surface area (Å²) < 4.78 is 26.6. The van der Waals surface area contributed by atoms with Crippen LogP contribution >= 0.6 is 11.3 Å². The summed E-state index contributed by atoms with van der Waals surface area (Å²) in [6, 6.07) is 11.6. The molecule has 0 fully saturated rings. The summed E-state index contributed by atoms with van der Waals surface area (Å²) in [5, 5.41) is 3.36. The lowest BCUT2D eigenvalue weighted by atomic mass is 10.1. The molecular formula is C17H20N2O2S2. The fourth-order valence-electron chi connectivity index (χ4n) is 2.62. The molecule has 122 valence electrons. The highest BCUT2D eigenvalue weighted by Gasteiger charge is 2.17. The summed E-state index contributed by atoms with van der Waals surface area (Å²) in [5.41, 5.74) is 2.26. The fraction of sp³-hybridized carbons (Fsp3) is 0.294. The first-order valence-electron chi connectivity index (χ1n) is 7.63. The average Bonchev–Trinajstić information content (AvgIpc) is 3.02. The van der Waals surface area contributed by atoms with E-state index >= 15 is 0 Å². The number of thiophene rings is 1. The third kappa shape index (κ3) is 4.75. The molecule has 0 radical (unpaired) electrons. The normalized spacial score (nSPS) is 15.8. The molecule has 0 atom stereocenters. The number of sulfonamides is 1. The van der Waals surface area contributed by atoms with Crippen molar-refractivity contribution in [1.82, 2.24) is 9.62 Å². The topological polar surface area (TPSA) is 49.4 Å². The highest BCUT2D eigenvalue weighted by molar-refractivity contribution is 7.92. The molecule has 4 nitrogen and oxygen atoms in total. The van der Waals surface area contributed by atoms with Crippen LogP contribution in [0.5, 0.6) is 0 Å². The standard InChI is InChI=1S/C17H20N2O2S2/c20-23(21,13-8-15-4-2-1-3-5-15)18-9-11-19-10-6-17-16(14-19)7-12-22-17/h1-5,7-8,12-13,18H,6,9-11,14H2. The van der Waals surface area contributed by atoms with Crippen LogP contribution in [-0.4, -0.2) is 33.0 Å². The van der Waals surface area contributed by atoms with Crippen LogP contribution in [0.3, 0.4) is 0 Å². The SMILES string of the molecule is O=S(=O)(C=Cc1ccccc1)NCCN1CCc2sccc2C1. The first-order chi connectivity index (χ1) is 11.1. The number of rotatable bonds is 6. The molecule has 0 saturated carbocycles. The molecule has 3 rings (SSSR count). The van der Waals surface area contributed by atoms with E-state index in [0.29, 0.717) is 6.54 Å². The quantitative estimate of drug-likeness (QED) is 0.873. The summed E-state index contributed by atoms with van der Waals surface area (Å²) in [6.45, 7) is 3.07. The summed E-state index contributed by atoms with van der Waals surface area (Å²) in [4.78, 5) is 3.76. The molecule has 1 aromatic heterocycles. The Morgan fingerprint density at radius 3 is 2.87 bits per heavy atom. The zero-order valence-electron chi connectivity index (χ0n) is 12.8. The Morgan fingerprint density at radius 1 is 1.22 bits per heavy atom. The van der Waals surface area contributed by atoms with E-state index in [4.69, 9.17) is 0 Å². The molecule has 6 heteroatoms. The lowest BCUT2D eigenvalue weighted by Crippen LogP contribution is -2.36. The minimum atomic E-state index is -3.39. The summed E-state index contributed by atoms with van der Waals surface area (Å²) in [7, 11) is -3.39. The van der Waals surface area contributed by atoms with Crippen molar-refractivity contribution < 1.29 is 8.42 Å². The van der Waals surface area contributed by atoms with Crippen molar-refractivity contribution in [3.63, 3.8) is 0 Å². The molecule has 2 heterocycles. The van der Waals surface area contributed by atoms with Gasteiger partial charge in [0.15, 0.2) is 0 Å². The van der Waals surface area contributed by atoms with Gasteiger partial charge in [-0.2, -0.15) is 0 Å². The van der Waals surface area contributed by atoms with E-state index in [1.54, 1.807) is 6.08 Å². The van der Waals surface area contributed by atoms with Gasteiger partial charge in [-0.15, -0.1) is 11.3 Å². The lowest BCUT2D eigenvalue weighted by Gasteiger charge is -2.26. The first-order valence-corrected chi connectivity index (χ1v) is 10.1. The molecule has 0 unspecified atom stereocenters.